The van der Waals surface area contributed by atoms with Crippen LogP contribution in [0, 0.1) is 11.8 Å². The van der Waals surface area contributed by atoms with Crippen LogP contribution >= 0.6 is 27.3 Å². The fourth-order valence-electron chi connectivity index (χ4n) is 3.68. The maximum absolute atomic E-state index is 14.5. The summed E-state index contributed by atoms with van der Waals surface area (Å²) in [4.78, 5) is 20.4. The Balaban J connectivity index is 1.65. The number of halogens is 3. The van der Waals surface area contributed by atoms with E-state index in [-0.39, 0.29) is 34.9 Å². The Labute approximate surface area is 190 Å². The minimum atomic E-state index is -0.830. The van der Waals surface area contributed by atoms with Crippen LogP contribution in [0.5, 0.6) is 0 Å². The first-order chi connectivity index (χ1) is 14.9. The molecule has 0 unspecified atom stereocenters. The second kappa shape index (κ2) is 9.49. The molecule has 1 N–H and O–H groups in total. The van der Waals surface area contributed by atoms with Crippen molar-refractivity contribution in [2.45, 2.75) is 44.8 Å². The van der Waals surface area contributed by atoms with E-state index in [2.05, 4.69) is 36.3 Å². The first-order valence-corrected chi connectivity index (χ1v) is 11.6. The molecule has 3 aromatic heterocycles. The lowest BCUT2D eigenvalue weighted by Crippen LogP contribution is -2.24. The van der Waals surface area contributed by atoms with Crippen molar-refractivity contribution in [1.82, 2.24) is 19.7 Å². The van der Waals surface area contributed by atoms with E-state index >= 15 is 0 Å². The molecule has 4 rings (SSSR count). The summed E-state index contributed by atoms with van der Waals surface area (Å²) in [6, 6.07) is 1.99. The second-order valence-electron chi connectivity index (χ2n) is 7.16. The average molecular weight is 512 g/mol. The molecule has 1 amide bonds. The molecule has 3 aromatic rings. The normalized spacial score (nSPS) is 18.8. The Bertz CT molecular complexity index is 1080. The molecule has 7 nitrogen and oxygen atoms in total. The molecule has 11 heteroatoms. The number of ether oxygens (including phenoxy) is 1. The summed E-state index contributed by atoms with van der Waals surface area (Å²) >= 11 is 4.50. The average Bonchev–Trinajstić information content (AvgIpc) is 3.37. The van der Waals surface area contributed by atoms with Crippen LogP contribution < -0.4 is 5.32 Å². The molecule has 0 radical (unpaired) electrons. The van der Waals surface area contributed by atoms with Gasteiger partial charge in [0.2, 0.25) is 5.95 Å². The highest BCUT2D eigenvalue weighted by Crippen LogP contribution is 2.34. The van der Waals surface area contributed by atoms with Crippen molar-refractivity contribution < 1.29 is 18.3 Å². The van der Waals surface area contributed by atoms with Crippen LogP contribution in [0.1, 0.15) is 49.1 Å². The second-order valence-corrected chi connectivity index (χ2v) is 9.30. The molecule has 1 fully saturated rings. The summed E-state index contributed by atoms with van der Waals surface area (Å²) in [5.41, 5.74) is 0.279. The van der Waals surface area contributed by atoms with Crippen LogP contribution in [0.15, 0.2) is 27.6 Å². The zero-order valence-electron chi connectivity index (χ0n) is 16.6. The van der Waals surface area contributed by atoms with E-state index in [1.165, 1.54) is 11.3 Å². The molecular formula is C20H20BrF2N5O2S. The number of carbonyl (C=O) groups excluding carboxylic acids is 1. The van der Waals surface area contributed by atoms with Gasteiger partial charge in [0, 0.05) is 18.2 Å². The van der Waals surface area contributed by atoms with Crippen molar-refractivity contribution in [3.05, 3.63) is 45.1 Å². The van der Waals surface area contributed by atoms with E-state index in [1.807, 2.05) is 6.92 Å². The number of hydrogen-bond acceptors (Lipinski definition) is 6. The Hall–Kier alpha value is -2.24. The third-order valence-corrected chi connectivity index (χ3v) is 6.51. The number of pyridine rings is 1. The molecule has 1 aliphatic carbocycles. The Morgan fingerprint density at radius 2 is 2.03 bits per heavy atom. The summed E-state index contributed by atoms with van der Waals surface area (Å²) < 4.78 is 36.2. The molecule has 1 saturated carbocycles. The van der Waals surface area contributed by atoms with Crippen molar-refractivity contribution in [3.63, 3.8) is 0 Å². The van der Waals surface area contributed by atoms with Gasteiger partial charge in [-0.25, -0.2) is 14.4 Å². The summed E-state index contributed by atoms with van der Waals surface area (Å²) in [7, 11) is 0. The number of nitrogens with zero attached hydrogens (tertiary/aromatic N) is 4. The Morgan fingerprint density at radius 1 is 1.26 bits per heavy atom. The number of aromatic nitrogens is 4. The van der Waals surface area contributed by atoms with E-state index in [0.717, 1.165) is 37.8 Å². The predicted molar refractivity (Wildman–Crippen MR) is 116 cm³/mol. The van der Waals surface area contributed by atoms with E-state index in [0.29, 0.717) is 10.5 Å². The number of nitrogens with one attached hydrogen (secondary N) is 1. The Morgan fingerprint density at radius 3 is 2.71 bits per heavy atom. The quantitative estimate of drug-likeness (QED) is 0.459. The van der Waals surface area contributed by atoms with E-state index in [1.54, 1.807) is 16.3 Å². The van der Waals surface area contributed by atoms with Gasteiger partial charge >= 0.3 is 0 Å². The maximum Gasteiger partial charge on any atom is 0.275 e. The third-order valence-electron chi connectivity index (χ3n) is 5.15. The lowest BCUT2D eigenvalue weighted by molar-refractivity contribution is 0.0260. The zero-order valence-corrected chi connectivity index (χ0v) is 19.0. The van der Waals surface area contributed by atoms with Gasteiger partial charge in [-0.1, -0.05) is 0 Å². The number of anilines is 1. The van der Waals surface area contributed by atoms with Gasteiger partial charge in [0.1, 0.15) is 17.1 Å². The first kappa shape index (κ1) is 22.0. The first-order valence-electron chi connectivity index (χ1n) is 9.90. The highest BCUT2D eigenvalue weighted by Gasteiger charge is 2.26. The van der Waals surface area contributed by atoms with Crippen LogP contribution in [0.2, 0.25) is 0 Å². The molecule has 1 aliphatic rings. The molecule has 0 atom stereocenters. The Kier molecular flexibility index (Phi) is 6.73. The molecule has 0 aromatic carbocycles. The van der Waals surface area contributed by atoms with Crippen molar-refractivity contribution in [2.75, 3.05) is 11.9 Å². The van der Waals surface area contributed by atoms with E-state index < -0.39 is 17.7 Å². The van der Waals surface area contributed by atoms with Crippen molar-refractivity contribution in [2.24, 2.45) is 0 Å². The SMILES string of the molecule is CCO[C@H]1CC[C@H](n2cc(NC(=O)c3csc(Br)n3)c(-c3nc(F)ccc3F)n2)CC1. The summed E-state index contributed by atoms with van der Waals surface area (Å²) in [5.74, 6) is -2.03. The molecule has 164 valence electrons. The summed E-state index contributed by atoms with van der Waals surface area (Å²) in [6.07, 6.45) is 5.30. The smallest absolute Gasteiger partial charge is 0.275 e. The van der Waals surface area contributed by atoms with Gasteiger partial charge in [-0.05, 0) is 60.7 Å². The van der Waals surface area contributed by atoms with Crippen LogP contribution in [-0.4, -0.2) is 38.4 Å². The molecule has 0 aliphatic heterocycles. The van der Waals surface area contributed by atoms with E-state index in [9.17, 15) is 13.6 Å². The van der Waals surface area contributed by atoms with Gasteiger partial charge in [-0.15, -0.1) is 11.3 Å². The van der Waals surface area contributed by atoms with Crippen LogP contribution in [0.25, 0.3) is 11.4 Å². The summed E-state index contributed by atoms with van der Waals surface area (Å²) in [5, 5.41) is 8.81. The van der Waals surface area contributed by atoms with Crippen LogP contribution in [-0.2, 0) is 4.74 Å². The zero-order chi connectivity index (χ0) is 22.0. The maximum atomic E-state index is 14.5. The highest BCUT2D eigenvalue weighted by atomic mass is 79.9. The molecule has 31 heavy (non-hydrogen) atoms. The van der Waals surface area contributed by atoms with Gasteiger partial charge in [0.15, 0.2) is 9.73 Å². The standard InChI is InChI=1S/C20H20BrF2N5O2S/c1-2-30-12-5-3-11(4-6-12)28-9-14(24-19(29)15-10-31-20(21)25-15)18(27-28)17-13(22)7-8-16(23)26-17/h7-12H,2-6H2,1H3,(H,24,29)/t11-,12-. The fourth-order valence-corrected chi connectivity index (χ4v) is 4.68. The monoisotopic (exact) mass is 511 g/mol. The van der Waals surface area contributed by atoms with Crippen LogP contribution in [0.3, 0.4) is 0 Å². The molecular weight excluding hydrogens is 492 g/mol. The van der Waals surface area contributed by atoms with Gasteiger partial charge in [0.05, 0.1) is 17.8 Å². The largest absolute Gasteiger partial charge is 0.379 e. The van der Waals surface area contributed by atoms with Gasteiger partial charge in [-0.2, -0.15) is 9.49 Å². The summed E-state index contributed by atoms with van der Waals surface area (Å²) in [6.45, 7) is 2.65. The van der Waals surface area contributed by atoms with Gasteiger partial charge in [0.25, 0.3) is 5.91 Å². The number of hydrogen-bond donors (Lipinski definition) is 1. The molecule has 0 spiro atoms. The minimum Gasteiger partial charge on any atom is -0.379 e. The lowest BCUT2D eigenvalue weighted by Gasteiger charge is -2.28. The number of carbonyl (C=O) groups is 1. The topological polar surface area (TPSA) is 81.9 Å². The number of rotatable bonds is 6. The minimum absolute atomic E-state index is 0.0612. The van der Waals surface area contributed by atoms with Crippen LogP contribution in [0.4, 0.5) is 14.5 Å². The fraction of sp³-hybridized carbons (Fsp3) is 0.400. The lowest BCUT2D eigenvalue weighted by atomic mass is 9.93. The highest BCUT2D eigenvalue weighted by molar-refractivity contribution is 9.11. The van der Waals surface area contributed by atoms with Gasteiger partial charge < -0.3 is 10.1 Å². The van der Waals surface area contributed by atoms with Gasteiger partial charge in [-0.3, -0.25) is 9.48 Å². The molecule has 3 heterocycles. The molecule has 0 saturated heterocycles. The predicted octanol–water partition coefficient (Wildman–Crippen LogP) is 5.21. The van der Waals surface area contributed by atoms with Crippen molar-refractivity contribution >= 4 is 38.9 Å². The number of thiazole rings is 1. The number of amides is 1. The molecule has 0 bridgehead atoms. The van der Waals surface area contributed by atoms with Crippen molar-refractivity contribution in [3.8, 4) is 11.4 Å². The third kappa shape index (κ3) is 4.99. The van der Waals surface area contributed by atoms with Crippen molar-refractivity contribution in [1.29, 1.82) is 0 Å². The van der Waals surface area contributed by atoms with E-state index in [4.69, 9.17) is 4.74 Å².